The van der Waals surface area contributed by atoms with E-state index < -0.39 is 11.8 Å². The van der Waals surface area contributed by atoms with Gasteiger partial charge in [-0.2, -0.15) is 0 Å². The van der Waals surface area contributed by atoms with Crippen molar-refractivity contribution in [2.45, 2.75) is 13.0 Å². The fourth-order valence-corrected chi connectivity index (χ4v) is 2.77. The summed E-state index contributed by atoms with van der Waals surface area (Å²) < 4.78 is 0. The van der Waals surface area contributed by atoms with Crippen molar-refractivity contribution in [1.29, 1.82) is 0 Å². The fraction of sp³-hybridized carbons (Fsp3) is 0.556. The molecule has 2 amide bonds. The second kappa shape index (κ2) is 9.39. The van der Waals surface area contributed by atoms with Gasteiger partial charge in [0.15, 0.2) is 0 Å². The molecule has 1 aliphatic rings. The van der Waals surface area contributed by atoms with Crippen molar-refractivity contribution in [2.75, 3.05) is 53.4 Å². The molecule has 0 atom stereocenters. The van der Waals surface area contributed by atoms with E-state index in [1.165, 1.54) is 5.56 Å². The molecule has 1 aromatic rings. The SMILES string of the molecule is CN(C)CCCNC(=O)C(=O)N1CCN(Cc2ccccc2)CC1. The number of amides is 2. The zero-order valence-corrected chi connectivity index (χ0v) is 14.7. The monoisotopic (exact) mass is 332 g/mol. The lowest BCUT2D eigenvalue weighted by atomic mass is 10.2. The Bertz CT molecular complexity index is 525. The number of carbonyl (C=O) groups excluding carboxylic acids is 2. The molecule has 0 bridgehead atoms. The summed E-state index contributed by atoms with van der Waals surface area (Å²) in [5.41, 5.74) is 1.27. The molecule has 0 aliphatic carbocycles. The Labute approximate surface area is 144 Å². The van der Waals surface area contributed by atoms with Gasteiger partial charge in [0.25, 0.3) is 0 Å². The minimum absolute atomic E-state index is 0.404. The molecule has 6 heteroatoms. The van der Waals surface area contributed by atoms with Gasteiger partial charge >= 0.3 is 11.8 Å². The van der Waals surface area contributed by atoms with Crippen molar-refractivity contribution >= 4 is 11.8 Å². The van der Waals surface area contributed by atoms with Gasteiger partial charge in [-0.1, -0.05) is 30.3 Å². The lowest BCUT2D eigenvalue weighted by Gasteiger charge is -2.34. The summed E-state index contributed by atoms with van der Waals surface area (Å²) in [5.74, 6) is -0.885. The maximum atomic E-state index is 12.2. The standard InChI is InChI=1S/C18H28N4O2/c1-20(2)10-6-9-19-17(23)18(24)22-13-11-21(12-14-22)15-16-7-4-3-5-8-16/h3-5,7-8H,6,9-15H2,1-2H3,(H,19,23). The van der Waals surface area contributed by atoms with Crippen LogP contribution in [0.3, 0.4) is 0 Å². The van der Waals surface area contributed by atoms with Crippen molar-refractivity contribution in [3.8, 4) is 0 Å². The van der Waals surface area contributed by atoms with Crippen LogP contribution in [-0.2, 0) is 16.1 Å². The molecular weight excluding hydrogens is 304 g/mol. The van der Waals surface area contributed by atoms with E-state index in [4.69, 9.17) is 0 Å². The lowest BCUT2D eigenvalue weighted by Crippen LogP contribution is -2.52. The Morgan fingerprint density at radius 3 is 2.38 bits per heavy atom. The molecule has 1 N–H and O–H groups in total. The topological polar surface area (TPSA) is 55.9 Å². The van der Waals surface area contributed by atoms with Crippen LogP contribution in [0, 0.1) is 0 Å². The molecule has 1 heterocycles. The highest BCUT2D eigenvalue weighted by molar-refractivity contribution is 6.35. The van der Waals surface area contributed by atoms with Gasteiger partial charge in [0.1, 0.15) is 0 Å². The second-order valence-electron chi connectivity index (χ2n) is 6.47. The van der Waals surface area contributed by atoms with E-state index in [2.05, 4.69) is 27.2 Å². The third kappa shape index (κ3) is 5.94. The lowest BCUT2D eigenvalue weighted by molar-refractivity contribution is -0.147. The number of rotatable bonds is 6. The first-order valence-electron chi connectivity index (χ1n) is 8.54. The van der Waals surface area contributed by atoms with Crippen LogP contribution >= 0.6 is 0 Å². The highest BCUT2D eigenvalue weighted by atomic mass is 16.2. The molecule has 24 heavy (non-hydrogen) atoms. The van der Waals surface area contributed by atoms with E-state index in [1.807, 2.05) is 32.3 Å². The number of nitrogens with one attached hydrogen (secondary N) is 1. The van der Waals surface area contributed by atoms with Crippen molar-refractivity contribution < 1.29 is 9.59 Å². The average Bonchev–Trinajstić information content (AvgIpc) is 2.59. The largest absolute Gasteiger partial charge is 0.348 e. The molecule has 2 rings (SSSR count). The Balaban J connectivity index is 1.69. The van der Waals surface area contributed by atoms with Crippen LogP contribution in [0.1, 0.15) is 12.0 Å². The van der Waals surface area contributed by atoms with E-state index in [0.717, 1.165) is 32.6 Å². The van der Waals surface area contributed by atoms with Crippen molar-refractivity contribution in [3.05, 3.63) is 35.9 Å². The van der Waals surface area contributed by atoms with Gasteiger partial charge in [-0.05, 0) is 32.6 Å². The first-order valence-corrected chi connectivity index (χ1v) is 8.54. The predicted molar refractivity (Wildman–Crippen MR) is 94.5 cm³/mol. The third-order valence-corrected chi connectivity index (χ3v) is 4.17. The molecule has 0 radical (unpaired) electrons. The zero-order chi connectivity index (χ0) is 17.4. The molecule has 1 saturated heterocycles. The molecule has 0 aromatic heterocycles. The summed E-state index contributed by atoms with van der Waals surface area (Å²) in [5, 5.41) is 2.72. The van der Waals surface area contributed by atoms with Gasteiger partial charge in [-0.15, -0.1) is 0 Å². The van der Waals surface area contributed by atoms with Crippen LogP contribution in [-0.4, -0.2) is 79.9 Å². The predicted octanol–water partition coefficient (Wildman–Crippen LogP) is 0.399. The maximum Gasteiger partial charge on any atom is 0.311 e. The van der Waals surface area contributed by atoms with E-state index >= 15 is 0 Å². The molecular formula is C18H28N4O2. The van der Waals surface area contributed by atoms with Crippen molar-refractivity contribution in [3.63, 3.8) is 0 Å². The van der Waals surface area contributed by atoms with Crippen molar-refractivity contribution in [2.24, 2.45) is 0 Å². The molecule has 0 spiro atoms. The van der Waals surface area contributed by atoms with Crippen LogP contribution in [0.2, 0.25) is 0 Å². The van der Waals surface area contributed by atoms with Crippen LogP contribution in [0.25, 0.3) is 0 Å². The fourth-order valence-electron chi connectivity index (χ4n) is 2.77. The molecule has 6 nitrogen and oxygen atoms in total. The van der Waals surface area contributed by atoms with Crippen molar-refractivity contribution in [1.82, 2.24) is 20.0 Å². The molecule has 1 aromatic carbocycles. The number of piperazine rings is 1. The number of carbonyl (C=O) groups is 2. The normalized spacial score (nSPS) is 15.5. The first-order chi connectivity index (χ1) is 11.6. The van der Waals surface area contributed by atoms with Gasteiger partial charge in [0.2, 0.25) is 0 Å². The van der Waals surface area contributed by atoms with E-state index in [1.54, 1.807) is 4.90 Å². The molecule has 1 aliphatic heterocycles. The molecule has 132 valence electrons. The number of hydrogen-bond donors (Lipinski definition) is 1. The third-order valence-electron chi connectivity index (χ3n) is 4.17. The zero-order valence-electron chi connectivity index (χ0n) is 14.7. The van der Waals surface area contributed by atoms with Crippen LogP contribution in [0.15, 0.2) is 30.3 Å². The number of benzene rings is 1. The highest BCUT2D eigenvalue weighted by Crippen LogP contribution is 2.08. The summed E-state index contributed by atoms with van der Waals surface area (Å²) >= 11 is 0. The molecule has 0 unspecified atom stereocenters. The van der Waals surface area contributed by atoms with Gasteiger partial charge in [0, 0.05) is 39.3 Å². The smallest absolute Gasteiger partial charge is 0.311 e. The summed E-state index contributed by atoms with van der Waals surface area (Å²) in [6.45, 7) is 5.14. The Hall–Kier alpha value is -1.92. The highest BCUT2D eigenvalue weighted by Gasteiger charge is 2.25. The van der Waals surface area contributed by atoms with Crippen LogP contribution in [0.4, 0.5) is 0 Å². The van der Waals surface area contributed by atoms with E-state index in [-0.39, 0.29) is 0 Å². The number of hydrogen-bond acceptors (Lipinski definition) is 4. The summed E-state index contributed by atoms with van der Waals surface area (Å²) in [4.78, 5) is 30.1. The minimum Gasteiger partial charge on any atom is -0.348 e. The Kier molecular flexibility index (Phi) is 7.21. The quantitative estimate of drug-likeness (QED) is 0.605. The summed E-state index contributed by atoms with van der Waals surface area (Å²) in [7, 11) is 3.98. The Morgan fingerprint density at radius 1 is 1.08 bits per heavy atom. The number of nitrogens with zero attached hydrogens (tertiary/aromatic N) is 3. The van der Waals surface area contributed by atoms with E-state index in [0.29, 0.717) is 19.6 Å². The summed E-state index contributed by atoms with van der Waals surface area (Å²) in [6.07, 6.45) is 0.844. The molecule has 1 fully saturated rings. The maximum absolute atomic E-state index is 12.2. The van der Waals surface area contributed by atoms with Gasteiger partial charge in [-0.25, -0.2) is 0 Å². The summed E-state index contributed by atoms with van der Waals surface area (Å²) in [6, 6.07) is 10.3. The van der Waals surface area contributed by atoms with Gasteiger partial charge in [-0.3, -0.25) is 14.5 Å². The molecule has 0 saturated carbocycles. The minimum atomic E-state index is -0.481. The Morgan fingerprint density at radius 2 is 1.75 bits per heavy atom. The average molecular weight is 332 g/mol. The second-order valence-corrected chi connectivity index (χ2v) is 6.47. The van der Waals surface area contributed by atoms with E-state index in [9.17, 15) is 9.59 Å². The van der Waals surface area contributed by atoms with Gasteiger partial charge < -0.3 is 15.1 Å². The van der Waals surface area contributed by atoms with Crippen LogP contribution in [0.5, 0.6) is 0 Å². The first kappa shape index (κ1) is 18.4. The van der Waals surface area contributed by atoms with Crippen LogP contribution < -0.4 is 5.32 Å². The van der Waals surface area contributed by atoms with Gasteiger partial charge in [0.05, 0.1) is 0 Å².